The van der Waals surface area contributed by atoms with E-state index in [1.165, 1.54) is 25.7 Å². The lowest BCUT2D eigenvalue weighted by Gasteiger charge is -2.28. The maximum absolute atomic E-state index is 5.94. The molecule has 0 N–H and O–H groups in total. The van der Waals surface area contributed by atoms with E-state index in [0.29, 0.717) is 5.88 Å². The maximum atomic E-state index is 5.94. The molecule has 0 radical (unpaired) electrons. The topological polar surface area (TPSA) is 30.7 Å². The number of hydrogen-bond acceptors (Lipinski definition) is 2. The molecule has 0 saturated heterocycles. The molecule has 0 bridgehead atoms. The van der Waals surface area contributed by atoms with Gasteiger partial charge in [0, 0.05) is 28.5 Å². The largest absolute Gasteiger partial charge is 0.307 e. The summed E-state index contributed by atoms with van der Waals surface area (Å²) in [5.74, 6) is 1.67. The van der Waals surface area contributed by atoms with Gasteiger partial charge in [-0.15, -0.1) is 11.6 Å². The van der Waals surface area contributed by atoms with Crippen LogP contribution in [0.4, 0.5) is 0 Å². The first-order valence-corrected chi connectivity index (χ1v) is 8.06. The number of pyridine rings is 1. The van der Waals surface area contributed by atoms with E-state index >= 15 is 0 Å². The molecular formula is C14H17BrClN3. The zero-order valence-corrected chi connectivity index (χ0v) is 13.3. The molecule has 0 aliphatic heterocycles. The second-order valence-corrected chi connectivity index (χ2v) is 6.80. The number of halogens is 2. The second-order valence-electron chi connectivity index (χ2n) is 5.50. The van der Waals surface area contributed by atoms with Crippen LogP contribution in [0.2, 0.25) is 0 Å². The van der Waals surface area contributed by atoms with Crippen molar-refractivity contribution in [2.24, 2.45) is 0 Å². The molecule has 19 heavy (non-hydrogen) atoms. The van der Waals surface area contributed by atoms with E-state index < -0.39 is 0 Å². The van der Waals surface area contributed by atoms with Crippen LogP contribution in [0.5, 0.6) is 0 Å². The summed E-state index contributed by atoms with van der Waals surface area (Å²) in [4.78, 5) is 9.32. The maximum Gasteiger partial charge on any atom is 0.160 e. The highest BCUT2D eigenvalue weighted by Crippen LogP contribution is 2.39. The Kier molecular flexibility index (Phi) is 3.56. The van der Waals surface area contributed by atoms with Crippen LogP contribution in [0.15, 0.2) is 16.7 Å². The zero-order chi connectivity index (χ0) is 13.5. The number of alkyl halides is 1. The third kappa shape index (κ3) is 2.29. The normalized spacial score (nSPS) is 18.3. The summed E-state index contributed by atoms with van der Waals surface area (Å²) < 4.78 is 3.31. The van der Waals surface area contributed by atoms with E-state index in [-0.39, 0.29) is 5.54 Å². The third-order valence-electron chi connectivity index (χ3n) is 4.07. The molecule has 3 nitrogen and oxygen atoms in total. The van der Waals surface area contributed by atoms with Crippen molar-refractivity contribution in [1.29, 1.82) is 0 Å². The van der Waals surface area contributed by atoms with Gasteiger partial charge in [-0.1, -0.05) is 12.8 Å². The number of rotatable bonds is 3. The summed E-state index contributed by atoms with van der Waals surface area (Å²) in [6.07, 6.45) is 7.62. The molecule has 1 saturated carbocycles. The lowest BCUT2D eigenvalue weighted by atomic mass is 10.00. The van der Waals surface area contributed by atoms with Crippen LogP contribution in [0.25, 0.3) is 11.2 Å². The van der Waals surface area contributed by atoms with Gasteiger partial charge in [-0.05, 0) is 41.8 Å². The molecule has 2 heterocycles. The fourth-order valence-corrected chi connectivity index (χ4v) is 3.66. The predicted molar refractivity (Wildman–Crippen MR) is 81.8 cm³/mol. The van der Waals surface area contributed by atoms with Crippen molar-refractivity contribution >= 4 is 38.7 Å². The van der Waals surface area contributed by atoms with Crippen molar-refractivity contribution in [3.8, 4) is 0 Å². The summed E-state index contributed by atoms with van der Waals surface area (Å²) in [6.45, 7) is 2.32. The molecule has 0 amide bonds. The van der Waals surface area contributed by atoms with Crippen molar-refractivity contribution in [2.75, 3.05) is 5.88 Å². The molecule has 0 atom stereocenters. The molecule has 1 aliphatic rings. The van der Waals surface area contributed by atoms with Gasteiger partial charge >= 0.3 is 0 Å². The Hall–Kier alpha value is -0.610. The van der Waals surface area contributed by atoms with E-state index in [1.807, 2.05) is 12.3 Å². The molecule has 5 heteroatoms. The van der Waals surface area contributed by atoms with E-state index in [4.69, 9.17) is 16.6 Å². The zero-order valence-electron chi connectivity index (χ0n) is 11.0. The summed E-state index contributed by atoms with van der Waals surface area (Å²) in [6, 6.07) is 2.04. The van der Waals surface area contributed by atoms with E-state index in [9.17, 15) is 0 Å². The Labute approximate surface area is 126 Å². The Morgan fingerprint density at radius 3 is 2.84 bits per heavy atom. The van der Waals surface area contributed by atoms with Crippen LogP contribution in [-0.2, 0) is 12.0 Å². The molecule has 0 unspecified atom stereocenters. The number of aryl methyl sites for hydroxylation is 1. The van der Waals surface area contributed by atoms with Gasteiger partial charge in [0.05, 0.1) is 0 Å². The van der Waals surface area contributed by atoms with Gasteiger partial charge < -0.3 is 4.57 Å². The summed E-state index contributed by atoms with van der Waals surface area (Å²) in [5.41, 5.74) is 2.10. The summed E-state index contributed by atoms with van der Waals surface area (Å²) >= 11 is 9.40. The highest BCUT2D eigenvalue weighted by molar-refractivity contribution is 9.10. The number of imidazole rings is 1. The van der Waals surface area contributed by atoms with Crippen LogP contribution in [0.3, 0.4) is 0 Å². The van der Waals surface area contributed by atoms with Gasteiger partial charge in [0.1, 0.15) is 11.3 Å². The quantitative estimate of drug-likeness (QED) is 0.780. The van der Waals surface area contributed by atoms with Crippen molar-refractivity contribution < 1.29 is 0 Å². The van der Waals surface area contributed by atoms with Crippen molar-refractivity contribution in [3.05, 3.63) is 22.6 Å². The van der Waals surface area contributed by atoms with Gasteiger partial charge in [-0.3, -0.25) is 0 Å². The molecule has 3 rings (SSSR count). The first-order valence-electron chi connectivity index (χ1n) is 6.73. The Bertz CT molecular complexity index is 602. The van der Waals surface area contributed by atoms with E-state index in [0.717, 1.165) is 27.9 Å². The fraction of sp³-hybridized carbons (Fsp3) is 0.571. The SMILES string of the molecule is CC1(n2c(CCCl)nc3cc(Br)cnc32)CCCC1. The Morgan fingerprint density at radius 2 is 2.16 bits per heavy atom. The highest BCUT2D eigenvalue weighted by Gasteiger charge is 2.34. The number of aromatic nitrogens is 3. The minimum absolute atomic E-state index is 0.150. The average molecular weight is 343 g/mol. The molecule has 1 aliphatic carbocycles. The van der Waals surface area contributed by atoms with E-state index in [2.05, 4.69) is 32.4 Å². The molecule has 0 spiro atoms. The van der Waals surface area contributed by atoms with Crippen molar-refractivity contribution in [3.63, 3.8) is 0 Å². The van der Waals surface area contributed by atoms with Crippen molar-refractivity contribution in [2.45, 2.75) is 44.6 Å². The smallest absolute Gasteiger partial charge is 0.160 e. The van der Waals surface area contributed by atoms with Crippen molar-refractivity contribution in [1.82, 2.24) is 14.5 Å². The van der Waals surface area contributed by atoms with Crippen LogP contribution >= 0.6 is 27.5 Å². The molecular weight excluding hydrogens is 326 g/mol. The summed E-state index contributed by atoms with van der Waals surface area (Å²) in [5, 5.41) is 0. The summed E-state index contributed by atoms with van der Waals surface area (Å²) in [7, 11) is 0. The Balaban J connectivity index is 2.21. The predicted octanol–water partition coefficient (Wildman–Crippen LogP) is 4.26. The van der Waals surface area contributed by atoms with Crippen LogP contribution < -0.4 is 0 Å². The van der Waals surface area contributed by atoms with Crippen LogP contribution in [0.1, 0.15) is 38.4 Å². The van der Waals surface area contributed by atoms with E-state index in [1.54, 1.807) is 0 Å². The monoisotopic (exact) mass is 341 g/mol. The Morgan fingerprint density at radius 1 is 1.42 bits per heavy atom. The third-order valence-corrected chi connectivity index (χ3v) is 4.69. The number of hydrogen-bond donors (Lipinski definition) is 0. The lowest BCUT2D eigenvalue weighted by Crippen LogP contribution is -2.28. The fourth-order valence-electron chi connectivity index (χ4n) is 3.17. The number of nitrogens with zero attached hydrogens (tertiary/aromatic N) is 3. The minimum Gasteiger partial charge on any atom is -0.307 e. The number of fused-ring (bicyclic) bond motifs is 1. The molecule has 1 fully saturated rings. The van der Waals surface area contributed by atoms with Gasteiger partial charge in [-0.2, -0.15) is 0 Å². The van der Waals surface area contributed by atoms with Crippen LogP contribution in [0, 0.1) is 0 Å². The first-order chi connectivity index (χ1) is 9.14. The molecule has 2 aromatic heterocycles. The molecule has 2 aromatic rings. The van der Waals surface area contributed by atoms with Crippen LogP contribution in [-0.4, -0.2) is 20.4 Å². The van der Waals surface area contributed by atoms with Gasteiger partial charge in [-0.25, -0.2) is 9.97 Å². The van der Waals surface area contributed by atoms with Gasteiger partial charge in [0.25, 0.3) is 0 Å². The minimum atomic E-state index is 0.150. The molecule has 0 aromatic carbocycles. The van der Waals surface area contributed by atoms with Gasteiger partial charge in [0.2, 0.25) is 0 Å². The first kappa shape index (κ1) is 13.4. The lowest BCUT2D eigenvalue weighted by molar-refractivity contribution is 0.327. The highest BCUT2D eigenvalue weighted by atomic mass is 79.9. The standard InChI is InChI=1S/C14H17BrClN3/c1-14(5-2-3-6-14)19-12(4-7-16)18-11-8-10(15)9-17-13(11)19/h8-9H,2-7H2,1H3. The average Bonchev–Trinajstić information content (AvgIpc) is 2.93. The molecule has 102 valence electrons. The second kappa shape index (κ2) is 5.06. The van der Waals surface area contributed by atoms with Gasteiger partial charge in [0.15, 0.2) is 5.65 Å².